The Morgan fingerprint density at radius 3 is 2.42 bits per heavy atom. The summed E-state index contributed by atoms with van der Waals surface area (Å²) < 4.78 is 19.4. The molecule has 210 valence electrons. The molecule has 0 aliphatic carbocycles. The van der Waals surface area contributed by atoms with Crippen LogP contribution in [0.2, 0.25) is 5.02 Å². The van der Waals surface area contributed by atoms with Gasteiger partial charge in [0.2, 0.25) is 0 Å². The maximum absolute atomic E-state index is 14.0. The van der Waals surface area contributed by atoms with E-state index in [0.29, 0.717) is 43.4 Å². The second-order valence-corrected chi connectivity index (χ2v) is 10.5. The number of hydrogen-bond acceptors (Lipinski definition) is 8. The zero-order valence-corrected chi connectivity index (χ0v) is 23.0. The Balaban J connectivity index is 1.41. The van der Waals surface area contributed by atoms with Crippen LogP contribution < -0.4 is 15.5 Å². The molecule has 0 unspecified atom stereocenters. The molecule has 0 radical (unpaired) electrons. The number of ether oxygens (including phenoxy) is 1. The fourth-order valence-electron chi connectivity index (χ4n) is 3.90. The quantitative estimate of drug-likeness (QED) is 0.455. The lowest BCUT2D eigenvalue weighted by Gasteiger charge is -2.26. The second-order valence-electron chi connectivity index (χ2n) is 10.0. The van der Waals surface area contributed by atoms with Crippen LogP contribution in [0.25, 0.3) is 0 Å². The molecule has 0 saturated carbocycles. The highest BCUT2D eigenvalue weighted by Gasteiger charge is 2.25. The van der Waals surface area contributed by atoms with E-state index in [4.69, 9.17) is 16.3 Å². The van der Waals surface area contributed by atoms with Crippen molar-refractivity contribution in [3.63, 3.8) is 0 Å². The summed E-state index contributed by atoms with van der Waals surface area (Å²) in [6, 6.07) is 9.63. The van der Waals surface area contributed by atoms with Crippen LogP contribution >= 0.6 is 11.6 Å². The van der Waals surface area contributed by atoms with E-state index in [2.05, 4.69) is 25.8 Å². The number of pyridine rings is 1. The van der Waals surface area contributed by atoms with Gasteiger partial charge in [-0.25, -0.2) is 14.2 Å². The van der Waals surface area contributed by atoms with Gasteiger partial charge in [-0.1, -0.05) is 11.6 Å². The first-order chi connectivity index (χ1) is 19.0. The fraction of sp³-hybridized carbons (Fsp3) is 0.333. The van der Waals surface area contributed by atoms with E-state index >= 15 is 0 Å². The lowest BCUT2D eigenvalue weighted by atomic mass is 10.1. The van der Waals surface area contributed by atoms with Crippen molar-refractivity contribution in [1.82, 2.24) is 20.1 Å². The average Bonchev–Trinajstić information content (AvgIpc) is 3.17. The molecule has 13 heteroatoms. The molecular formula is C27H29ClFN7O4. The molecule has 1 aliphatic rings. The van der Waals surface area contributed by atoms with E-state index in [-0.39, 0.29) is 28.9 Å². The van der Waals surface area contributed by atoms with E-state index in [1.54, 1.807) is 17.0 Å². The third kappa shape index (κ3) is 7.63. The first-order valence-corrected chi connectivity index (χ1v) is 13.0. The third-order valence-electron chi connectivity index (χ3n) is 5.80. The Hall–Kier alpha value is -4.32. The number of nitrogens with one attached hydrogen (secondary N) is 2. The predicted molar refractivity (Wildman–Crippen MR) is 148 cm³/mol. The van der Waals surface area contributed by atoms with E-state index < -0.39 is 23.2 Å². The molecule has 11 nitrogen and oxygen atoms in total. The standard InChI is InChI=1S/C27H29ClFN7O4/c1-27(2,3)40-26(39)36-12-4-11-35(13-14-36)23-10-8-21(33-34-23)25(38)31-20-7-6-18(29)15-19(20)24(37)32-22-9-5-17(28)16-30-22/h5-10,15-16H,4,11-14H2,1-3H3,(H,31,38)(H,30,32,37). The van der Waals surface area contributed by atoms with E-state index in [1.165, 1.54) is 24.4 Å². The molecule has 3 heterocycles. The van der Waals surface area contributed by atoms with Crippen LogP contribution in [0.4, 0.5) is 26.5 Å². The topological polar surface area (TPSA) is 130 Å². The minimum absolute atomic E-state index is 0.00371. The van der Waals surface area contributed by atoms with Crippen molar-refractivity contribution < 1.29 is 23.5 Å². The molecule has 40 heavy (non-hydrogen) atoms. The lowest BCUT2D eigenvalue weighted by molar-refractivity contribution is 0.0263. The SMILES string of the molecule is CC(C)(C)OC(=O)N1CCCN(c2ccc(C(=O)Nc3ccc(F)cc3C(=O)Nc3ccc(Cl)cn3)nn2)CC1. The van der Waals surface area contributed by atoms with Crippen molar-refractivity contribution >= 4 is 46.8 Å². The number of benzene rings is 1. The summed E-state index contributed by atoms with van der Waals surface area (Å²) in [4.78, 5) is 45.8. The number of halogens is 2. The van der Waals surface area contributed by atoms with Gasteiger partial charge < -0.3 is 25.2 Å². The largest absolute Gasteiger partial charge is 0.444 e. The molecule has 2 aromatic heterocycles. The molecule has 1 saturated heterocycles. The van der Waals surface area contributed by atoms with Crippen LogP contribution in [0.3, 0.4) is 0 Å². The number of nitrogens with zero attached hydrogens (tertiary/aromatic N) is 5. The van der Waals surface area contributed by atoms with Crippen LogP contribution in [-0.2, 0) is 4.74 Å². The minimum Gasteiger partial charge on any atom is -0.444 e. The monoisotopic (exact) mass is 569 g/mol. The number of aromatic nitrogens is 3. The van der Waals surface area contributed by atoms with Crippen LogP contribution in [0.1, 0.15) is 48.0 Å². The van der Waals surface area contributed by atoms with Gasteiger partial charge in [0.15, 0.2) is 11.5 Å². The van der Waals surface area contributed by atoms with Crippen molar-refractivity contribution in [2.75, 3.05) is 41.7 Å². The van der Waals surface area contributed by atoms with Gasteiger partial charge in [0.25, 0.3) is 11.8 Å². The van der Waals surface area contributed by atoms with E-state index in [1.807, 2.05) is 25.7 Å². The van der Waals surface area contributed by atoms with Gasteiger partial charge >= 0.3 is 6.09 Å². The summed E-state index contributed by atoms with van der Waals surface area (Å²) in [5.41, 5.74) is -0.589. The molecular weight excluding hydrogens is 541 g/mol. The van der Waals surface area contributed by atoms with Crippen molar-refractivity contribution in [2.24, 2.45) is 0 Å². The zero-order valence-electron chi connectivity index (χ0n) is 22.3. The summed E-state index contributed by atoms with van der Waals surface area (Å²) in [6.45, 7) is 7.67. The maximum Gasteiger partial charge on any atom is 0.410 e. The molecule has 3 amide bonds. The van der Waals surface area contributed by atoms with Crippen molar-refractivity contribution in [3.8, 4) is 0 Å². The first-order valence-electron chi connectivity index (χ1n) is 12.6. The van der Waals surface area contributed by atoms with E-state index in [0.717, 1.165) is 12.1 Å². The van der Waals surface area contributed by atoms with Crippen LogP contribution in [0, 0.1) is 5.82 Å². The van der Waals surface area contributed by atoms with Gasteiger partial charge in [-0.3, -0.25) is 9.59 Å². The molecule has 3 aromatic rings. The van der Waals surface area contributed by atoms with Gasteiger partial charge in [0, 0.05) is 32.4 Å². The van der Waals surface area contributed by atoms with Crippen LogP contribution in [0.5, 0.6) is 0 Å². The Morgan fingerprint density at radius 1 is 0.950 bits per heavy atom. The molecule has 0 bridgehead atoms. The van der Waals surface area contributed by atoms with E-state index in [9.17, 15) is 18.8 Å². The smallest absolute Gasteiger partial charge is 0.410 e. The highest BCUT2D eigenvalue weighted by Crippen LogP contribution is 2.21. The summed E-state index contributed by atoms with van der Waals surface area (Å²) in [6.07, 6.45) is 1.71. The predicted octanol–water partition coefficient (Wildman–Crippen LogP) is 4.62. The summed E-state index contributed by atoms with van der Waals surface area (Å²) in [7, 11) is 0. The number of hydrogen-bond donors (Lipinski definition) is 2. The van der Waals surface area contributed by atoms with Gasteiger partial charge in [0.05, 0.1) is 16.3 Å². The van der Waals surface area contributed by atoms with Gasteiger partial charge in [0.1, 0.15) is 17.2 Å². The summed E-state index contributed by atoms with van der Waals surface area (Å²) >= 11 is 5.82. The molecule has 4 rings (SSSR count). The molecule has 0 spiro atoms. The van der Waals surface area contributed by atoms with Crippen LogP contribution in [0.15, 0.2) is 48.7 Å². The molecule has 1 aromatic carbocycles. The molecule has 2 N–H and O–H groups in total. The lowest BCUT2D eigenvalue weighted by Crippen LogP contribution is -2.39. The number of rotatable bonds is 5. The Bertz CT molecular complexity index is 1380. The third-order valence-corrected chi connectivity index (χ3v) is 6.02. The second kappa shape index (κ2) is 12.2. The number of carbonyl (C=O) groups excluding carboxylic acids is 3. The minimum atomic E-state index is -0.673. The number of amides is 3. The van der Waals surface area contributed by atoms with Gasteiger partial charge in [-0.05, 0) is 69.7 Å². The Morgan fingerprint density at radius 2 is 1.75 bits per heavy atom. The number of anilines is 3. The number of carbonyl (C=O) groups is 3. The Kier molecular flexibility index (Phi) is 8.78. The fourth-order valence-corrected chi connectivity index (χ4v) is 4.02. The molecule has 1 fully saturated rings. The van der Waals surface area contributed by atoms with Gasteiger partial charge in [-0.2, -0.15) is 0 Å². The average molecular weight is 570 g/mol. The van der Waals surface area contributed by atoms with Crippen LogP contribution in [-0.4, -0.2) is 69.8 Å². The summed E-state index contributed by atoms with van der Waals surface area (Å²) in [5.74, 6) is -1.19. The summed E-state index contributed by atoms with van der Waals surface area (Å²) in [5, 5.41) is 13.8. The highest BCUT2D eigenvalue weighted by molar-refractivity contribution is 6.30. The van der Waals surface area contributed by atoms with Crippen molar-refractivity contribution in [1.29, 1.82) is 0 Å². The molecule has 0 atom stereocenters. The molecule has 1 aliphatic heterocycles. The zero-order chi connectivity index (χ0) is 28.9. The Labute approximate surface area is 235 Å². The van der Waals surface area contributed by atoms with Gasteiger partial charge in [-0.15, -0.1) is 10.2 Å². The highest BCUT2D eigenvalue weighted by atomic mass is 35.5. The maximum atomic E-state index is 14.0. The van der Waals surface area contributed by atoms with Crippen molar-refractivity contribution in [2.45, 2.75) is 32.8 Å². The first kappa shape index (κ1) is 28.7. The van der Waals surface area contributed by atoms with Crippen molar-refractivity contribution in [3.05, 3.63) is 70.8 Å². The normalized spacial score (nSPS) is 13.8.